The van der Waals surface area contributed by atoms with Gasteiger partial charge in [0.05, 0.1) is 5.54 Å². The van der Waals surface area contributed by atoms with Gasteiger partial charge >= 0.3 is 0 Å². The maximum Gasteiger partial charge on any atom is 0.242 e. The number of phenolic OH excluding ortho intramolecular Hbond substituents is 1. The van der Waals surface area contributed by atoms with Crippen molar-refractivity contribution < 1.29 is 29.1 Å². The van der Waals surface area contributed by atoms with Gasteiger partial charge in [-0.2, -0.15) is 12.6 Å². The van der Waals surface area contributed by atoms with Crippen LogP contribution in [0.4, 0.5) is 0 Å². The fraction of sp³-hybridized carbons (Fsp3) is 0.711. The molecule has 3 aliphatic heterocycles. The first-order valence-electron chi connectivity index (χ1n) is 20.0. The van der Waals surface area contributed by atoms with Gasteiger partial charge in [0.2, 0.25) is 29.5 Å². The zero-order valence-electron chi connectivity index (χ0n) is 33.0. The topological polar surface area (TPSA) is 252 Å². The highest BCUT2D eigenvalue weighted by Crippen LogP contribution is 2.14. The number of nitrogens with one attached hydrogen (secondary N) is 10. The molecule has 2 atom stereocenters. The molecule has 3 fully saturated rings. The quantitative estimate of drug-likeness (QED) is 0.0548. The number of benzene rings is 1. The third-order valence-electron chi connectivity index (χ3n) is 9.96. The lowest BCUT2D eigenvalue weighted by atomic mass is 9.90. The van der Waals surface area contributed by atoms with Crippen LogP contribution in [0.25, 0.3) is 0 Å². The van der Waals surface area contributed by atoms with Crippen LogP contribution in [0.2, 0.25) is 0 Å². The number of phenols is 1. The molecular weight excluding hydrogens is 739 g/mol. The van der Waals surface area contributed by atoms with Crippen LogP contribution < -0.4 is 58.9 Å². The molecule has 0 saturated carbocycles. The summed E-state index contributed by atoms with van der Waals surface area (Å²) in [4.78, 5) is 63.3. The summed E-state index contributed by atoms with van der Waals surface area (Å²) in [5.74, 6) is -1.58. The number of fused-ring (bicyclic) bond motifs is 15. The Hall–Kier alpha value is -3.52. The number of thiol groups is 1. The second-order valence-corrected chi connectivity index (χ2v) is 15.7. The second-order valence-electron chi connectivity index (χ2n) is 15.4. The predicted molar refractivity (Wildman–Crippen MR) is 220 cm³/mol. The molecule has 0 spiro atoms. The molecule has 17 nitrogen and oxygen atoms in total. The molecule has 0 aliphatic carbocycles. The Balaban J connectivity index is 1.51. The van der Waals surface area contributed by atoms with Crippen molar-refractivity contribution in [3.63, 3.8) is 0 Å². The molecule has 316 valence electrons. The molecule has 0 radical (unpaired) electrons. The molecule has 1 aromatic rings. The van der Waals surface area contributed by atoms with E-state index in [-0.39, 0.29) is 66.2 Å². The number of unbranched alkanes of at least 4 members (excludes halogenated alkanes) is 2. The fourth-order valence-electron chi connectivity index (χ4n) is 6.70. The number of nitrogens with two attached hydrogens (primary N) is 1. The van der Waals surface area contributed by atoms with Crippen LogP contribution in [0, 0.1) is 5.41 Å². The normalized spacial score (nSPS) is 22.4. The van der Waals surface area contributed by atoms with Gasteiger partial charge in [-0.25, -0.2) is 0 Å². The molecule has 2 bridgehead atoms. The van der Waals surface area contributed by atoms with E-state index in [0.717, 1.165) is 64.5 Å². The molecular formula is C38H67N11O6S. The minimum Gasteiger partial charge on any atom is -0.508 e. The van der Waals surface area contributed by atoms with Crippen LogP contribution in [0.15, 0.2) is 24.3 Å². The highest BCUT2D eigenvalue weighted by molar-refractivity contribution is 7.80. The molecule has 3 saturated heterocycles. The first kappa shape index (κ1) is 46.9. The van der Waals surface area contributed by atoms with E-state index in [2.05, 4.69) is 72.7 Å². The Morgan fingerprint density at radius 3 is 1.70 bits per heavy atom. The average molecular weight is 806 g/mol. The Morgan fingerprint density at radius 2 is 1.18 bits per heavy atom. The van der Waals surface area contributed by atoms with Crippen LogP contribution in [0.1, 0.15) is 57.4 Å². The number of amides is 5. The van der Waals surface area contributed by atoms with Crippen LogP contribution in [0.5, 0.6) is 5.75 Å². The largest absolute Gasteiger partial charge is 0.508 e. The van der Waals surface area contributed by atoms with Crippen molar-refractivity contribution in [3.8, 4) is 5.75 Å². The van der Waals surface area contributed by atoms with Crippen molar-refractivity contribution in [2.45, 2.75) is 75.9 Å². The van der Waals surface area contributed by atoms with Crippen LogP contribution in [-0.4, -0.2) is 143 Å². The Morgan fingerprint density at radius 1 is 0.696 bits per heavy atom. The molecule has 56 heavy (non-hydrogen) atoms. The lowest BCUT2D eigenvalue weighted by molar-refractivity contribution is -0.129. The first-order valence-corrected chi connectivity index (χ1v) is 20.7. The molecule has 4 rings (SSSR count). The number of hydrogen-bond acceptors (Lipinski definition) is 13. The summed E-state index contributed by atoms with van der Waals surface area (Å²) in [6, 6.07) is 4.75. The van der Waals surface area contributed by atoms with Crippen molar-refractivity contribution in [2.24, 2.45) is 11.1 Å². The lowest BCUT2D eigenvalue weighted by Gasteiger charge is -2.37. The summed E-state index contributed by atoms with van der Waals surface area (Å²) in [6.07, 6.45) is 2.73. The van der Waals surface area contributed by atoms with Gasteiger partial charge in [-0.1, -0.05) is 25.5 Å². The SMILES string of the molecule is CC12CNCCNCC(NC(=O)CCCC(=O)NC(Cc3ccc(O)cc3)C(=O)NCCCCCC(=O)NC(CS)C(N)=O)(CNCCNC1)CNCCNC2. The first-order chi connectivity index (χ1) is 26.9. The molecule has 5 amide bonds. The van der Waals surface area contributed by atoms with Crippen molar-refractivity contribution in [3.05, 3.63) is 29.8 Å². The smallest absolute Gasteiger partial charge is 0.242 e. The van der Waals surface area contributed by atoms with Crippen molar-refractivity contribution in [2.75, 3.05) is 90.8 Å². The van der Waals surface area contributed by atoms with Crippen LogP contribution in [-0.2, 0) is 30.4 Å². The zero-order chi connectivity index (χ0) is 40.7. The number of hydrogen-bond donors (Lipinski definition) is 13. The number of aromatic hydroxyl groups is 1. The van der Waals surface area contributed by atoms with Gasteiger partial charge in [-0.05, 0) is 37.0 Å². The predicted octanol–water partition coefficient (Wildman–Crippen LogP) is -2.41. The van der Waals surface area contributed by atoms with Gasteiger partial charge in [-0.15, -0.1) is 0 Å². The van der Waals surface area contributed by atoms with E-state index in [1.807, 2.05) is 0 Å². The second kappa shape index (κ2) is 25.7. The number of rotatable bonds is 18. The standard InChI is InChI=1S/C38H67N11O6S/c1-37-22-40-14-17-43-25-38(26-44-18-15-41-23-37,27-45-19-16-42-24-37)49-34(53)8-5-7-33(52)47-30(20-28-9-11-29(50)12-10-28)36(55)46-13-4-2-3-6-32(51)48-31(21-56)35(39)54/h9-12,30-31,40-45,50,56H,2-8,13-27H2,1H3,(H2,39,54)(H,46,55)(H,47,52)(H,48,51)(H,49,53). The third-order valence-corrected chi connectivity index (χ3v) is 10.3. The van der Waals surface area contributed by atoms with Crippen LogP contribution >= 0.6 is 12.6 Å². The Labute approximate surface area is 337 Å². The zero-order valence-corrected chi connectivity index (χ0v) is 33.9. The Bertz CT molecular complexity index is 1330. The monoisotopic (exact) mass is 805 g/mol. The summed E-state index contributed by atoms with van der Waals surface area (Å²) in [5.41, 5.74) is 5.49. The number of carbonyl (C=O) groups excluding carboxylic acids is 5. The van der Waals surface area contributed by atoms with Gasteiger partial charge < -0.3 is 64.0 Å². The van der Waals surface area contributed by atoms with Crippen molar-refractivity contribution >= 4 is 42.2 Å². The molecule has 0 aromatic heterocycles. The minimum absolute atomic E-state index is 0.0579. The molecule has 3 aliphatic rings. The van der Waals surface area contributed by atoms with E-state index < -0.39 is 23.5 Å². The van der Waals surface area contributed by atoms with E-state index in [9.17, 15) is 29.1 Å². The van der Waals surface area contributed by atoms with Crippen molar-refractivity contribution in [1.82, 2.24) is 53.2 Å². The summed E-state index contributed by atoms with van der Waals surface area (Å²) in [6.45, 7) is 11.7. The van der Waals surface area contributed by atoms with Gasteiger partial charge in [0.25, 0.3) is 0 Å². The minimum atomic E-state index is -0.873. The Kier molecular flexibility index (Phi) is 21.5. The van der Waals surface area contributed by atoms with E-state index in [1.54, 1.807) is 12.1 Å². The van der Waals surface area contributed by atoms with Gasteiger partial charge in [-0.3, -0.25) is 24.0 Å². The van der Waals surface area contributed by atoms with E-state index in [0.29, 0.717) is 51.9 Å². The number of primary amides is 1. The van der Waals surface area contributed by atoms with E-state index in [4.69, 9.17) is 5.73 Å². The average Bonchev–Trinajstić information content (AvgIpc) is 3.16. The van der Waals surface area contributed by atoms with Gasteiger partial charge in [0.1, 0.15) is 17.8 Å². The fourth-order valence-corrected chi connectivity index (χ4v) is 6.97. The maximum absolute atomic E-state index is 13.4. The molecule has 1 aromatic carbocycles. The molecule has 18 heteroatoms. The number of carbonyl (C=O) groups is 5. The third kappa shape index (κ3) is 18.6. The van der Waals surface area contributed by atoms with E-state index in [1.165, 1.54) is 12.1 Å². The summed E-state index contributed by atoms with van der Waals surface area (Å²) < 4.78 is 0. The molecule has 3 heterocycles. The highest BCUT2D eigenvalue weighted by atomic mass is 32.1. The summed E-state index contributed by atoms with van der Waals surface area (Å²) in [5, 5.41) is 42.7. The summed E-state index contributed by atoms with van der Waals surface area (Å²) >= 11 is 4.03. The van der Waals surface area contributed by atoms with Crippen molar-refractivity contribution in [1.29, 1.82) is 0 Å². The molecule has 2 unspecified atom stereocenters. The van der Waals surface area contributed by atoms with Crippen LogP contribution in [0.3, 0.4) is 0 Å². The lowest BCUT2D eigenvalue weighted by Crippen LogP contribution is -2.66. The highest BCUT2D eigenvalue weighted by Gasteiger charge is 2.32. The van der Waals surface area contributed by atoms with Gasteiger partial charge in [0, 0.05) is 122 Å². The van der Waals surface area contributed by atoms with E-state index >= 15 is 0 Å². The van der Waals surface area contributed by atoms with Gasteiger partial charge in [0.15, 0.2) is 0 Å². The summed E-state index contributed by atoms with van der Waals surface area (Å²) in [7, 11) is 0. The molecule has 13 N–H and O–H groups in total. The maximum atomic E-state index is 13.4.